The molecule has 4 heterocycles. The lowest BCUT2D eigenvalue weighted by Crippen LogP contribution is -2.48. The Kier molecular flexibility index (Phi) is 6.61. The summed E-state index contributed by atoms with van der Waals surface area (Å²) in [6, 6.07) is 7.19. The number of aromatic nitrogens is 2. The molecule has 0 unspecified atom stereocenters. The molecule has 2 aliphatic rings. The van der Waals surface area contributed by atoms with Crippen LogP contribution in [0.2, 0.25) is 0 Å². The van der Waals surface area contributed by atoms with E-state index in [1.165, 1.54) is 22.7 Å². The number of amides is 2. The van der Waals surface area contributed by atoms with Crippen molar-refractivity contribution in [1.29, 1.82) is 0 Å². The first kappa shape index (κ1) is 24.3. The lowest BCUT2D eigenvalue weighted by molar-refractivity contribution is -0.129. The van der Waals surface area contributed by atoms with E-state index in [0.717, 1.165) is 30.2 Å². The van der Waals surface area contributed by atoms with Crippen LogP contribution in [0.1, 0.15) is 28.6 Å². The van der Waals surface area contributed by atoms with E-state index in [9.17, 15) is 18.0 Å². The summed E-state index contributed by atoms with van der Waals surface area (Å²) in [6.45, 7) is 2.52. The monoisotopic (exact) mass is 534 g/mol. The van der Waals surface area contributed by atoms with E-state index in [1.807, 2.05) is 36.6 Å². The van der Waals surface area contributed by atoms with Gasteiger partial charge in [-0.15, -0.1) is 22.7 Å². The maximum Gasteiger partial charge on any atom is 0.282 e. The Labute approximate surface area is 211 Å². The summed E-state index contributed by atoms with van der Waals surface area (Å²) in [5.74, 6) is -0.474. The second kappa shape index (κ2) is 9.54. The highest BCUT2D eigenvalue weighted by Crippen LogP contribution is 2.36. The minimum Gasteiger partial charge on any atom is -0.348 e. The van der Waals surface area contributed by atoms with Crippen LogP contribution in [0.25, 0.3) is 10.2 Å². The molecule has 1 N–H and O–H groups in total. The maximum absolute atomic E-state index is 13.3. The zero-order valence-corrected chi connectivity index (χ0v) is 21.8. The normalized spacial score (nSPS) is 20.8. The molecule has 2 atom stereocenters. The number of likely N-dealkylation sites (tertiary alicyclic amines) is 1. The Morgan fingerprint density at radius 1 is 1.23 bits per heavy atom. The van der Waals surface area contributed by atoms with E-state index >= 15 is 0 Å². The van der Waals surface area contributed by atoms with Gasteiger partial charge in [0.1, 0.15) is 10.0 Å². The fourth-order valence-corrected chi connectivity index (χ4v) is 7.90. The predicted octanol–water partition coefficient (Wildman–Crippen LogP) is 1.73. The van der Waals surface area contributed by atoms with Gasteiger partial charge in [0, 0.05) is 31.1 Å². The molecule has 2 aromatic heterocycles. The molecular formula is C22H26N6O4S3. The molecule has 2 aliphatic heterocycles. The van der Waals surface area contributed by atoms with Gasteiger partial charge in [0.05, 0.1) is 41.9 Å². The summed E-state index contributed by atoms with van der Waals surface area (Å²) in [5.41, 5.74) is 1.78. The van der Waals surface area contributed by atoms with Crippen molar-refractivity contribution in [2.45, 2.75) is 44.9 Å². The van der Waals surface area contributed by atoms with Crippen LogP contribution < -0.4 is 5.32 Å². The number of aryl methyl sites for hydroxylation is 1. The topological polar surface area (TPSA) is 116 Å². The number of thiazole rings is 2. The Morgan fingerprint density at radius 3 is 2.77 bits per heavy atom. The molecule has 0 bridgehead atoms. The molecule has 2 fully saturated rings. The smallest absolute Gasteiger partial charge is 0.282 e. The van der Waals surface area contributed by atoms with Crippen LogP contribution in [-0.2, 0) is 32.9 Å². The number of nitrogens with zero attached hydrogens (tertiary/aromatic N) is 5. The van der Waals surface area contributed by atoms with Crippen LogP contribution in [0.15, 0.2) is 29.6 Å². The van der Waals surface area contributed by atoms with Crippen LogP contribution >= 0.6 is 22.7 Å². The lowest BCUT2D eigenvalue weighted by Gasteiger charge is -2.28. The third-order valence-corrected chi connectivity index (χ3v) is 10.3. The SMILES string of the molecule is Cc1csc(CNC(=O)CN(C)S(=O)(=O)N2CC[C@H]3[C@H]2CC(=O)N3Cc2nc3ccccc3s2)n1. The predicted molar refractivity (Wildman–Crippen MR) is 134 cm³/mol. The molecule has 0 aliphatic carbocycles. The standard InChI is InChI=1S/C22H26N6O4S3/c1-14-13-33-20(24-14)10-23-19(29)11-26(2)35(31,32)28-8-7-16-17(28)9-22(30)27(16)12-21-25-15-5-3-4-6-18(15)34-21/h3-6,13,16-17H,7-12H2,1-2H3,(H,23,29)/t16-,17+/m0/s1. The highest BCUT2D eigenvalue weighted by atomic mass is 32.2. The average Bonchev–Trinajstić information content (AvgIpc) is 3.57. The molecule has 1 aromatic carbocycles. The minimum absolute atomic E-state index is 0.0710. The van der Waals surface area contributed by atoms with Gasteiger partial charge in [-0.3, -0.25) is 9.59 Å². The molecule has 13 heteroatoms. The van der Waals surface area contributed by atoms with Gasteiger partial charge in [-0.25, -0.2) is 9.97 Å². The Hall–Kier alpha value is -2.45. The molecule has 10 nitrogen and oxygen atoms in total. The molecule has 186 valence electrons. The first-order valence-electron chi connectivity index (χ1n) is 11.3. The van der Waals surface area contributed by atoms with Gasteiger partial charge in [0.25, 0.3) is 10.2 Å². The van der Waals surface area contributed by atoms with E-state index < -0.39 is 22.2 Å². The highest BCUT2D eigenvalue weighted by Gasteiger charge is 2.51. The summed E-state index contributed by atoms with van der Waals surface area (Å²) in [4.78, 5) is 35.9. The Morgan fingerprint density at radius 2 is 2.03 bits per heavy atom. The van der Waals surface area contributed by atoms with Crippen LogP contribution in [0, 0.1) is 6.92 Å². The van der Waals surface area contributed by atoms with E-state index in [2.05, 4.69) is 15.3 Å². The van der Waals surface area contributed by atoms with Gasteiger partial charge in [-0.1, -0.05) is 12.1 Å². The Bertz CT molecular complexity index is 1340. The molecule has 0 saturated carbocycles. The highest BCUT2D eigenvalue weighted by molar-refractivity contribution is 7.86. The van der Waals surface area contributed by atoms with Crippen molar-refractivity contribution in [3.63, 3.8) is 0 Å². The molecule has 2 saturated heterocycles. The zero-order valence-electron chi connectivity index (χ0n) is 19.4. The molecule has 0 radical (unpaired) electrons. The van der Waals surface area contributed by atoms with Crippen LogP contribution in [0.5, 0.6) is 0 Å². The van der Waals surface area contributed by atoms with Gasteiger partial charge < -0.3 is 10.2 Å². The number of likely N-dealkylation sites (N-methyl/N-ethyl adjacent to an activating group) is 1. The van der Waals surface area contributed by atoms with E-state index in [1.54, 1.807) is 16.2 Å². The summed E-state index contributed by atoms with van der Waals surface area (Å²) < 4.78 is 30.1. The number of carbonyl (C=O) groups is 2. The first-order chi connectivity index (χ1) is 16.7. The van der Waals surface area contributed by atoms with Crippen molar-refractivity contribution in [3.8, 4) is 0 Å². The number of para-hydroxylation sites is 1. The third kappa shape index (κ3) is 4.83. The number of rotatable bonds is 8. The second-order valence-electron chi connectivity index (χ2n) is 8.76. The molecule has 3 aromatic rings. The third-order valence-electron chi connectivity index (χ3n) is 6.37. The molecule has 5 rings (SSSR count). The van der Waals surface area contributed by atoms with Crippen LogP contribution in [0.3, 0.4) is 0 Å². The van der Waals surface area contributed by atoms with Gasteiger partial charge in [0.2, 0.25) is 11.8 Å². The summed E-state index contributed by atoms with van der Waals surface area (Å²) in [7, 11) is -2.51. The molecule has 0 spiro atoms. The van der Waals surface area contributed by atoms with Crippen LogP contribution in [0.4, 0.5) is 0 Å². The zero-order chi connectivity index (χ0) is 24.7. The summed E-state index contributed by atoms with van der Waals surface area (Å²) >= 11 is 2.99. The van der Waals surface area contributed by atoms with E-state index in [4.69, 9.17) is 0 Å². The average molecular weight is 535 g/mol. The lowest BCUT2D eigenvalue weighted by atomic mass is 10.1. The summed E-state index contributed by atoms with van der Waals surface area (Å²) in [6.07, 6.45) is 0.697. The van der Waals surface area contributed by atoms with Crippen LogP contribution in [-0.4, -0.2) is 75.9 Å². The molecule has 35 heavy (non-hydrogen) atoms. The minimum atomic E-state index is -3.91. The van der Waals surface area contributed by atoms with Crippen molar-refractivity contribution in [2.24, 2.45) is 0 Å². The second-order valence-corrected chi connectivity index (χ2v) is 12.8. The van der Waals surface area contributed by atoms with Crippen molar-refractivity contribution in [2.75, 3.05) is 20.1 Å². The van der Waals surface area contributed by atoms with Crippen molar-refractivity contribution < 1.29 is 18.0 Å². The fourth-order valence-electron chi connectivity index (χ4n) is 4.69. The van der Waals surface area contributed by atoms with Crippen molar-refractivity contribution in [1.82, 2.24) is 28.8 Å². The van der Waals surface area contributed by atoms with Gasteiger partial charge in [-0.05, 0) is 25.5 Å². The van der Waals surface area contributed by atoms with E-state index in [0.29, 0.717) is 19.5 Å². The molecule has 2 amide bonds. The quantitative estimate of drug-likeness (QED) is 0.471. The molecular weight excluding hydrogens is 508 g/mol. The maximum atomic E-state index is 13.3. The number of hydrogen-bond acceptors (Lipinski definition) is 8. The Balaban J connectivity index is 1.22. The summed E-state index contributed by atoms with van der Waals surface area (Å²) in [5, 5.41) is 6.22. The first-order valence-corrected chi connectivity index (χ1v) is 14.4. The van der Waals surface area contributed by atoms with Gasteiger partial charge in [-0.2, -0.15) is 17.0 Å². The van der Waals surface area contributed by atoms with Gasteiger partial charge >= 0.3 is 0 Å². The van der Waals surface area contributed by atoms with Gasteiger partial charge in [0.15, 0.2) is 0 Å². The number of carbonyl (C=O) groups excluding carboxylic acids is 2. The number of fused-ring (bicyclic) bond motifs is 2. The number of hydrogen-bond donors (Lipinski definition) is 1. The fraction of sp³-hybridized carbons (Fsp3) is 0.455. The van der Waals surface area contributed by atoms with E-state index in [-0.39, 0.29) is 31.5 Å². The largest absolute Gasteiger partial charge is 0.348 e. The number of benzene rings is 1. The number of nitrogens with one attached hydrogen (secondary N) is 1. The van der Waals surface area contributed by atoms with Crippen molar-refractivity contribution >= 4 is 54.9 Å². The van der Waals surface area contributed by atoms with Crippen molar-refractivity contribution in [3.05, 3.63) is 45.4 Å².